The van der Waals surface area contributed by atoms with Crippen molar-refractivity contribution in [1.82, 2.24) is 10.6 Å². The Morgan fingerprint density at radius 2 is 1.95 bits per heavy atom. The van der Waals surface area contributed by atoms with Gasteiger partial charge in [-0.05, 0) is 24.6 Å². The van der Waals surface area contributed by atoms with E-state index in [1.54, 1.807) is 7.05 Å². The van der Waals surface area contributed by atoms with E-state index in [4.69, 9.17) is 4.74 Å². The maximum atomic E-state index is 5.25. The van der Waals surface area contributed by atoms with Crippen molar-refractivity contribution in [3.8, 4) is 0 Å². The van der Waals surface area contributed by atoms with Gasteiger partial charge < -0.3 is 15.4 Å². The van der Waals surface area contributed by atoms with E-state index in [0.717, 1.165) is 30.1 Å². The van der Waals surface area contributed by atoms with Crippen LogP contribution in [0, 0.1) is 0 Å². The van der Waals surface area contributed by atoms with Crippen LogP contribution in [0.15, 0.2) is 33.7 Å². The molecule has 2 N–H and O–H groups in total. The summed E-state index contributed by atoms with van der Waals surface area (Å²) in [4.78, 5) is 4.15. The maximum Gasteiger partial charge on any atom is 0.191 e. The Balaban J connectivity index is 0.00000324. The van der Waals surface area contributed by atoms with Crippen molar-refractivity contribution < 1.29 is 4.74 Å². The monoisotopic (exact) mass is 441 g/mol. The Bertz CT molecular complexity index is 371. The normalized spacial score (nSPS) is 10.8. The van der Waals surface area contributed by atoms with Gasteiger partial charge in [0.05, 0.1) is 6.61 Å². The number of hydrogen-bond acceptors (Lipinski definition) is 2. The van der Waals surface area contributed by atoms with Gasteiger partial charge in [-0.25, -0.2) is 0 Å². The quantitative estimate of drug-likeness (QED) is 0.309. The number of nitrogens with zero attached hydrogens (tertiary/aromatic N) is 1. The fourth-order valence-corrected chi connectivity index (χ4v) is 1.66. The van der Waals surface area contributed by atoms with E-state index < -0.39 is 0 Å². The molecule has 1 aromatic rings. The van der Waals surface area contributed by atoms with Crippen molar-refractivity contribution in [3.63, 3.8) is 0 Å². The number of hydrogen-bond donors (Lipinski definition) is 2. The van der Waals surface area contributed by atoms with Crippen molar-refractivity contribution >= 4 is 45.9 Å². The molecule has 0 fully saturated rings. The molecule has 0 amide bonds. The molecule has 108 valence electrons. The molecule has 0 heterocycles. The third-order valence-corrected chi connectivity index (χ3v) is 2.87. The lowest BCUT2D eigenvalue weighted by atomic mass is 10.2. The predicted octanol–water partition coefficient (Wildman–Crippen LogP) is 2.77. The van der Waals surface area contributed by atoms with E-state index in [9.17, 15) is 0 Å². The minimum atomic E-state index is 0. The van der Waals surface area contributed by atoms with Crippen LogP contribution in [-0.4, -0.2) is 32.8 Å². The van der Waals surface area contributed by atoms with Crippen molar-refractivity contribution in [2.45, 2.75) is 13.5 Å². The zero-order valence-electron chi connectivity index (χ0n) is 11.3. The van der Waals surface area contributed by atoms with E-state index in [2.05, 4.69) is 43.7 Å². The first-order valence-electron chi connectivity index (χ1n) is 6.03. The van der Waals surface area contributed by atoms with Crippen LogP contribution in [0.3, 0.4) is 0 Å². The second-order valence-corrected chi connectivity index (χ2v) is 4.59. The number of halogens is 2. The zero-order chi connectivity index (χ0) is 13.2. The summed E-state index contributed by atoms with van der Waals surface area (Å²) in [6.07, 6.45) is 0. The first-order chi connectivity index (χ1) is 8.76. The van der Waals surface area contributed by atoms with Crippen LogP contribution < -0.4 is 10.6 Å². The van der Waals surface area contributed by atoms with Crippen LogP contribution in [0.4, 0.5) is 0 Å². The van der Waals surface area contributed by atoms with Gasteiger partial charge in [0.25, 0.3) is 0 Å². The Hall–Kier alpha value is -0.340. The topological polar surface area (TPSA) is 45.6 Å². The highest BCUT2D eigenvalue weighted by Crippen LogP contribution is 2.09. The average molecular weight is 442 g/mol. The largest absolute Gasteiger partial charge is 0.380 e. The summed E-state index contributed by atoms with van der Waals surface area (Å²) in [6, 6.07) is 8.21. The molecule has 0 bridgehead atoms. The lowest BCUT2D eigenvalue weighted by Crippen LogP contribution is -2.38. The van der Waals surface area contributed by atoms with Gasteiger partial charge in [-0.3, -0.25) is 4.99 Å². The van der Waals surface area contributed by atoms with Gasteiger partial charge in [0, 0.05) is 31.2 Å². The van der Waals surface area contributed by atoms with Crippen LogP contribution in [0.1, 0.15) is 12.5 Å². The molecule has 6 heteroatoms. The van der Waals surface area contributed by atoms with Crippen molar-refractivity contribution in [3.05, 3.63) is 34.3 Å². The highest BCUT2D eigenvalue weighted by atomic mass is 127. The van der Waals surface area contributed by atoms with E-state index in [-0.39, 0.29) is 24.0 Å². The Morgan fingerprint density at radius 3 is 2.53 bits per heavy atom. The summed E-state index contributed by atoms with van der Waals surface area (Å²) < 4.78 is 6.34. The summed E-state index contributed by atoms with van der Waals surface area (Å²) in [5, 5.41) is 6.44. The number of rotatable bonds is 6. The Labute approximate surface area is 140 Å². The molecule has 0 aliphatic rings. The number of aliphatic imine (C=N–C) groups is 1. The molecule has 0 spiro atoms. The van der Waals surface area contributed by atoms with Crippen molar-refractivity contribution in [2.75, 3.05) is 26.8 Å². The smallest absolute Gasteiger partial charge is 0.191 e. The van der Waals surface area contributed by atoms with Gasteiger partial charge in [0.15, 0.2) is 5.96 Å². The third-order valence-electron chi connectivity index (χ3n) is 2.34. The Kier molecular flexibility index (Phi) is 11.3. The first kappa shape index (κ1) is 18.7. The van der Waals surface area contributed by atoms with Crippen LogP contribution in [0.5, 0.6) is 0 Å². The third kappa shape index (κ3) is 8.43. The summed E-state index contributed by atoms with van der Waals surface area (Å²) in [7, 11) is 1.76. The summed E-state index contributed by atoms with van der Waals surface area (Å²) in [6.45, 7) is 4.93. The van der Waals surface area contributed by atoms with Gasteiger partial charge in [-0.1, -0.05) is 28.1 Å². The van der Waals surface area contributed by atoms with Gasteiger partial charge in [0.2, 0.25) is 0 Å². The summed E-state index contributed by atoms with van der Waals surface area (Å²) >= 11 is 3.42. The number of ether oxygens (including phenoxy) is 1. The summed E-state index contributed by atoms with van der Waals surface area (Å²) in [5.74, 6) is 0.789. The number of nitrogens with one attached hydrogen (secondary N) is 2. The second-order valence-electron chi connectivity index (χ2n) is 3.68. The zero-order valence-corrected chi connectivity index (χ0v) is 15.2. The molecule has 0 aliphatic carbocycles. The SMILES string of the molecule is CCOCCNC(=NC)NCc1ccc(Br)cc1.I. The Morgan fingerprint density at radius 1 is 1.26 bits per heavy atom. The minimum absolute atomic E-state index is 0. The van der Waals surface area contributed by atoms with E-state index in [0.29, 0.717) is 6.61 Å². The predicted molar refractivity (Wildman–Crippen MR) is 94.3 cm³/mol. The standard InChI is InChI=1S/C13H20BrN3O.HI/c1-3-18-9-8-16-13(15-2)17-10-11-4-6-12(14)7-5-11;/h4-7H,3,8-10H2,1-2H3,(H2,15,16,17);1H. The second kappa shape index (κ2) is 11.5. The molecule has 4 nitrogen and oxygen atoms in total. The molecule has 0 saturated heterocycles. The van der Waals surface area contributed by atoms with Crippen molar-refractivity contribution in [1.29, 1.82) is 0 Å². The van der Waals surface area contributed by atoms with Crippen LogP contribution in [-0.2, 0) is 11.3 Å². The molecule has 1 rings (SSSR count). The maximum absolute atomic E-state index is 5.25. The first-order valence-corrected chi connectivity index (χ1v) is 6.82. The molecule has 1 aromatic carbocycles. The lowest BCUT2D eigenvalue weighted by molar-refractivity contribution is 0.152. The van der Waals surface area contributed by atoms with Gasteiger partial charge in [-0.2, -0.15) is 0 Å². The highest BCUT2D eigenvalue weighted by Gasteiger charge is 1.97. The molecule has 0 aliphatic heterocycles. The molecule has 0 saturated carbocycles. The fraction of sp³-hybridized carbons (Fsp3) is 0.462. The van der Waals surface area contributed by atoms with E-state index >= 15 is 0 Å². The number of benzene rings is 1. The molecule has 0 atom stereocenters. The number of guanidine groups is 1. The van der Waals surface area contributed by atoms with Gasteiger partial charge in [0.1, 0.15) is 0 Å². The van der Waals surface area contributed by atoms with Gasteiger partial charge >= 0.3 is 0 Å². The molecule has 19 heavy (non-hydrogen) atoms. The molecule has 0 aromatic heterocycles. The lowest BCUT2D eigenvalue weighted by Gasteiger charge is -2.11. The molecular formula is C13H21BrIN3O. The average Bonchev–Trinajstić information content (AvgIpc) is 2.40. The fourth-order valence-electron chi connectivity index (χ4n) is 1.39. The van der Waals surface area contributed by atoms with Crippen LogP contribution in [0.25, 0.3) is 0 Å². The van der Waals surface area contributed by atoms with Gasteiger partial charge in [-0.15, -0.1) is 24.0 Å². The molecule has 0 radical (unpaired) electrons. The van der Waals surface area contributed by atoms with E-state index in [1.807, 2.05) is 19.1 Å². The molecular weight excluding hydrogens is 421 g/mol. The van der Waals surface area contributed by atoms with Crippen LogP contribution >= 0.6 is 39.9 Å². The highest BCUT2D eigenvalue weighted by molar-refractivity contribution is 14.0. The van der Waals surface area contributed by atoms with E-state index in [1.165, 1.54) is 5.56 Å². The minimum Gasteiger partial charge on any atom is -0.380 e. The summed E-state index contributed by atoms with van der Waals surface area (Å²) in [5.41, 5.74) is 1.21. The molecule has 0 unspecified atom stereocenters. The van der Waals surface area contributed by atoms with Crippen LogP contribution in [0.2, 0.25) is 0 Å². The van der Waals surface area contributed by atoms with Crippen molar-refractivity contribution in [2.24, 2.45) is 4.99 Å².